The largest absolute Gasteiger partial charge is 0.478 e. The number of nitrogens with one attached hydrogen (secondary N) is 1. The molecule has 0 spiro atoms. The first kappa shape index (κ1) is 10.5. The second kappa shape index (κ2) is 3.75. The molecular formula is C4H6Cl2N2O3. The first-order chi connectivity index (χ1) is 4.90. The molecule has 0 aromatic carbocycles. The summed E-state index contributed by atoms with van der Waals surface area (Å²) >= 11 is 10.2. The van der Waals surface area contributed by atoms with Crippen LogP contribution < -0.4 is 11.1 Å². The van der Waals surface area contributed by atoms with Gasteiger partial charge in [-0.3, -0.25) is 4.79 Å². The molecule has 0 aliphatic carbocycles. The van der Waals surface area contributed by atoms with Crippen LogP contribution in [0.15, 0.2) is 0 Å². The highest BCUT2D eigenvalue weighted by atomic mass is 35.5. The van der Waals surface area contributed by atoms with E-state index in [1.165, 1.54) is 0 Å². The van der Waals surface area contributed by atoms with E-state index in [0.29, 0.717) is 0 Å². The van der Waals surface area contributed by atoms with E-state index >= 15 is 0 Å². The Kier molecular flexibility index (Phi) is 3.57. The predicted molar refractivity (Wildman–Crippen MR) is 39.3 cm³/mol. The summed E-state index contributed by atoms with van der Waals surface area (Å²) < 4.78 is -2.30. The molecule has 64 valence electrons. The normalized spacial score (nSPS) is 10.8. The highest BCUT2D eigenvalue weighted by Gasteiger charge is 2.34. The summed E-state index contributed by atoms with van der Waals surface area (Å²) in [7, 11) is 0. The van der Waals surface area contributed by atoms with E-state index in [0.717, 1.165) is 0 Å². The van der Waals surface area contributed by atoms with Crippen LogP contribution in [0.1, 0.15) is 0 Å². The number of carbonyl (C=O) groups is 2. The Hall–Kier alpha value is -0.520. The van der Waals surface area contributed by atoms with E-state index in [4.69, 9.17) is 34.0 Å². The summed E-state index contributed by atoms with van der Waals surface area (Å²) in [4.78, 5) is 20.6. The van der Waals surface area contributed by atoms with Gasteiger partial charge in [0.15, 0.2) is 0 Å². The molecule has 4 N–H and O–H groups in total. The van der Waals surface area contributed by atoms with E-state index in [9.17, 15) is 9.59 Å². The molecule has 0 radical (unpaired) electrons. The lowest BCUT2D eigenvalue weighted by Crippen LogP contribution is -2.47. The maximum absolute atomic E-state index is 10.5. The fourth-order valence-corrected chi connectivity index (χ4v) is 0.490. The fourth-order valence-electron chi connectivity index (χ4n) is 0.280. The molecule has 0 rings (SSSR count). The number of nitrogens with two attached hydrogens (primary N) is 1. The second-order valence-electron chi connectivity index (χ2n) is 1.63. The zero-order chi connectivity index (χ0) is 9.07. The van der Waals surface area contributed by atoms with Crippen molar-refractivity contribution in [1.29, 1.82) is 0 Å². The highest BCUT2D eigenvalue weighted by molar-refractivity contribution is 6.57. The number of halogens is 2. The van der Waals surface area contributed by atoms with Crippen LogP contribution in [0.25, 0.3) is 0 Å². The lowest BCUT2D eigenvalue weighted by atomic mass is 10.5. The van der Waals surface area contributed by atoms with Crippen LogP contribution >= 0.6 is 23.2 Å². The summed E-state index contributed by atoms with van der Waals surface area (Å²) in [6.07, 6.45) is 0. The van der Waals surface area contributed by atoms with Crippen molar-refractivity contribution in [2.45, 2.75) is 4.46 Å². The van der Waals surface area contributed by atoms with Crippen molar-refractivity contribution < 1.29 is 14.7 Å². The Morgan fingerprint density at radius 1 is 1.55 bits per heavy atom. The van der Waals surface area contributed by atoms with Crippen LogP contribution in [-0.4, -0.2) is 28.0 Å². The molecule has 0 heterocycles. The van der Waals surface area contributed by atoms with Gasteiger partial charge in [0.05, 0.1) is 6.54 Å². The Bertz CT molecular complexity index is 182. The molecule has 0 aliphatic heterocycles. The van der Waals surface area contributed by atoms with Gasteiger partial charge < -0.3 is 16.2 Å². The molecule has 0 saturated carbocycles. The lowest BCUT2D eigenvalue weighted by Gasteiger charge is -2.14. The predicted octanol–water partition coefficient (Wildman–Crippen LogP) is -0.723. The minimum Gasteiger partial charge on any atom is -0.478 e. The lowest BCUT2D eigenvalue weighted by molar-refractivity contribution is -0.140. The van der Waals surface area contributed by atoms with Crippen molar-refractivity contribution in [3.63, 3.8) is 0 Å². The summed E-state index contributed by atoms with van der Waals surface area (Å²) in [5.74, 6) is -2.29. The summed E-state index contributed by atoms with van der Waals surface area (Å²) in [5.41, 5.74) is 4.86. The maximum Gasteiger partial charge on any atom is 0.361 e. The van der Waals surface area contributed by atoms with Gasteiger partial charge in [-0.15, -0.1) is 0 Å². The molecular weight excluding hydrogens is 195 g/mol. The Morgan fingerprint density at radius 3 is 2.27 bits per heavy atom. The van der Waals surface area contributed by atoms with Crippen LogP contribution in [0.5, 0.6) is 0 Å². The molecule has 0 aromatic heterocycles. The number of hydrogen-bond donors (Lipinski definition) is 3. The maximum atomic E-state index is 10.5. The number of aliphatic carboxylic acids is 1. The summed E-state index contributed by atoms with van der Waals surface area (Å²) in [6.45, 7) is -0.367. The standard InChI is InChI=1S/C4H6Cl2N2O3/c5-4(6,3(10)11)8-2(9)1-7/h1,7H2,(H,8,9)(H,10,11). The molecule has 0 atom stereocenters. The fraction of sp³-hybridized carbons (Fsp3) is 0.500. The molecule has 0 aromatic rings. The van der Waals surface area contributed by atoms with Crippen LogP contribution in [0, 0.1) is 0 Å². The van der Waals surface area contributed by atoms with E-state index in [2.05, 4.69) is 0 Å². The van der Waals surface area contributed by atoms with Crippen LogP contribution in [0.2, 0.25) is 0 Å². The van der Waals surface area contributed by atoms with Crippen molar-refractivity contribution in [3.05, 3.63) is 0 Å². The van der Waals surface area contributed by atoms with Crippen molar-refractivity contribution in [2.75, 3.05) is 6.54 Å². The SMILES string of the molecule is NCC(=O)NC(Cl)(Cl)C(=O)O. The van der Waals surface area contributed by atoms with Gasteiger partial charge in [-0.05, 0) is 0 Å². The van der Waals surface area contributed by atoms with E-state index < -0.39 is 16.3 Å². The summed E-state index contributed by atoms with van der Waals surface area (Å²) in [5, 5.41) is 10.0. The molecule has 1 amide bonds. The van der Waals surface area contributed by atoms with E-state index in [-0.39, 0.29) is 6.54 Å². The van der Waals surface area contributed by atoms with Crippen molar-refractivity contribution in [2.24, 2.45) is 5.73 Å². The van der Waals surface area contributed by atoms with Crippen molar-refractivity contribution in [3.8, 4) is 0 Å². The molecule has 11 heavy (non-hydrogen) atoms. The van der Waals surface area contributed by atoms with Gasteiger partial charge in [0, 0.05) is 0 Å². The third kappa shape index (κ3) is 3.41. The Labute approximate surface area is 72.4 Å². The zero-order valence-corrected chi connectivity index (χ0v) is 6.82. The van der Waals surface area contributed by atoms with Crippen molar-refractivity contribution in [1.82, 2.24) is 5.32 Å². The smallest absolute Gasteiger partial charge is 0.361 e. The van der Waals surface area contributed by atoms with Gasteiger partial charge in [0.1, 0.15) is 0 Å². The quantitative estimate of drug-likeness (QED) is 0.414. The zero-order valence-electron chi connectivity index (χ0n) is 5.30. The van der Waals surface area contributed by atoms with Gasteiger partial charge in [-0.25, -0.2) is 4.79 Å². The molecule has 7 heteroatoms. The first-order valence-corrected chi connectivity index (χ1v) is 3.28. The third-order valence-corrected chi connectivity index (χ3v) is 1.26. The monoisotopic (exact) mass is 200 g/mol. The minimum absolute atomic E-state index is 0.367. The highest BCUT2D eigenvalue weighted by Crippen LogP contribution is 2.16. The van der Waals surface area contributed by atoms with E-state index in [1.807, 2.05) is 0 Å². The number of carboxylic acids is 1. The minimum atomic E-state index is -2.30. The molecule has 0 aliphatic rings. The second-order valence-corrected chi connectivity index (χ2v) is 2.96. The van der Waals surface area contributed by atoms with Crippen molar-refractivity contribution >= 4 is 35.1 Å². The average Bonchev–Trinajstić information content (AvgIpc) is 1.86. The van der Waals surface area contributed by atoms with Crippen LogP contribution in [-0.2, 0) is 9.59 Å². The molecule has 0 fully saturated rings. The number of amides is 1. The Morgan fingerprint density at radius 2 is 2.00 bits per heavy atom. The van der Waals surface area contributed by atoms with Gasteiger partial charge in [-0.2, -0.15) is 0 Å². The van der Waals surface area contributed by atoms with Gasteiger partial charge in [-0.1, -0.05) is 23.2 Å². The summed E-state index contributed by atoms with van der Waals surface area (Å²) in [6, 6.07) is 0. The van der Waals surface area contributed by atoms with Crippen LogP contribution in [0.4, 0.5) is 0 Å². The molecule has 0 bridgehead atoms. The number of carboxylic acid groups (broad SMARTS) is 1. The number of carbonyl (C=O) groups excluding carboxylic acids is 1. The topological polar surface area (TPSA) is 92.4 Å². The average molecular weight is 201 g/mol. The number of rotatable bonds is 3. The molecule has 0 saturated heterocycles. The van der Waals surface area contributed by atoms with E-state index in [1.54, 1.807) is 5.32 Å². The van der Waals surface area contributed by atoms with Gasteiger partial charge in [0.25, 0.3) is 4.46 Å². The molecule has 0 unspecified atom stereocenters. The number of alkyl halides is 2. The van der Waals surface area contributed by atoms with Gasteiger partial charge >= 0.3 is 5.97 Å². The number of hydrogen-bond acceptors (Lipinski definition) is 3. The van der Waals surface area contributed by atoms with Gasteiger partial charge in [0.2, 0.25) is 5.91 Å². The Balaban J connectivity index is 4.12. The third-order valence-electron chi connectivity index (χ3n) is 0.750. The first-order valence-electron chi connectivity index (χ1n) is 2.52. The molecule has 5 nitrogen and oxygen atoms in total. The van der Waals surface area contributed by atoms with Crippen LogP contribution in [0.3, 0.4) is 0 Å².